The lowest BCUT2D eigenvalue weighted by Gasteiger charge is -2.07. The van der Waals surface area contributed by atoms with Crippen LogP contribution in [0.3, 0.4) is 0 Å². The molecule has 6 heteroatoms. The number of nitrogens with one attached hydrogen (secondary N) is 1. The van der Waals surface area contributed by atoms with E-state index in [1.54, 1.807) is 0 Å². The molecule has 0 aliphatic heterocycles. The third-order valence-corrected chi connectivity index (χ3v) is 4.64. The highest BCUT2D eigenvalue weighted by Crippen LogP contribution is 2.19. The van der Waals surface area contributed by atoms with Crippen LogP contribution >= 0.6 is 0 Å². The van der Waals surface area contributed by atoms with Crippen LogP contribution in [0.25, 0.3) is 6.08 Å². The van der Waals surface area contributed by atoms with Gasteiger partial charge in [0.25, 0.3) is 5.91 Å². The first-order valence-corrected chi connectivity index (χ1v) is 9.63. The minimum Gasteiger partial charge on any atom is -0.451 e. The molecule has 0 aliphatic rings. The molecule has 0 radical (unpaired) electrons. The molecule has 0 saturated heterocycles. The predicted molar refractivity (Wildman–Crippen MR) is 112 cm³/mol. The summed E-state index contributed by atoms with van der Waals surface area (Å²) in [7, 11) is 0. The molecular formula is C23H27N3O3. The minimum atomic E-state index is -0.807. The summed E-state index contributed by atoms with van der Waals surface area (Å²) >= 11 is 0. The Hall–Kier alpha value is -3.33. The number of ether oxygens (including phenoxy) is 1. The van der Waals surface area contributed by atoms with E-state index in [0.29, 0.717) is 6.54 Å². The van der Waals surface area contributed by atoms with Gasteiger partial charge >= 0.3 is 5.97 Å². The van der Waals surface area contributed by atoms with Crippen molar-refractivity contribution in [2.45, 2.75) is 47.2 Å². The van der Waals surface area contributed by atoms with Crippen molar-refractivity contribution in [3.63, 3.8) is 0 Å². The third-order valence-electron chi connectivity index (χ3n) is 4.64. The summed E-state index contributed by atoms with van der Waals surface area (Å²) in [6.45, 7) is 8.81. The maximum atomic E-state index is 12.2. The van der Waals surface area contributed by atoms with Crippen molar-refractivity contribution in [1.82, 2.24) is 9.88 Å². The molecule has 1 heterocycles. The summed E-state index contributed by atoms with van der Waals surface area (Å²) in [6, 6.07) is 11.6. The molecule has 29 heavy (non-hydrogen) atoms. The van der Waals surface area contributed by atoms with Gasteiger partial charge in [0.05, 0.1) is 0 Å². The van der Waals surface area contributed by atoms with Gasteiger partial charge in [0.15, 0.2) is 6.61 Å². The minimum absolute atomic E-state index is 0.131. The number of nitriles is 1. The number of esters is 1. The average Bonchev–Trinajstić information content (AvgIpc) is 2.97. The quantitative estimate of drug-likeness (QED) is 0.422. The van der Waals surface area contributed by atoms with Gasteiger partial charge in [0.2, 0.25) is 0 Å². The maximum absolute atomic E-state index is 12.2. The van der Waals surface area contributed by atoms with E-state index in [9.17, 15) is 14.9 Å². The molecule has 0 fully saturated rings. The Morgan fingerprint density at radius 2 is 1.90 bits per heavy atom. The van der Waals surface area contributed by atoms with Crippen LogP contribution in [0, 0.1) is 32.1 Å². The summed E-state index contributed by atoms with van der Waals surface area (Å²) in [5.74, 6) is -1.23. The fraction of sp³-hybridized carbons (Fsp3) is 0.348. The molecule has 2 rings (SSSR count). The third kappa shape index (κ3) is 6.08. The number of amides is 1. The van der Waals surface area contributed by atoms with E-state index in [-0.39, 0.29) is 5.57 Å². The van der Waals surface area contributed by atoms with Crippen molar-refractivity contribution < 1.29 is 14.3 Å². The van der Waals surface area contributed by atoms with Gasteiger partial charge in [-0.3, -0.25) is 4.79 Å². The first kappa shape index (κ1) is 22.0. The number of hydrogen-bond donors (Lipinski definition) is 1. The monoisotopic (exact) mass is 393 g/mol. The van der Waals surface area contributed by atoms with E-state index in [1.165, 1.54) is 6.08 Å². The molecule has 0 aliphatic carbocycles. The second kappa shape index (κ2) is 10.3. The van der Waals surface area contributed by atoms with Gasteiger partial charge in [-0.1, -0.05) is 36.8 Å². The Labute approximate surface area is 171 Å². The van der Waals surface area contributed by atoms with Crippen molar-refractivity contribution >= 4 is 18.0 Å². The van der Waals surface area contributed by atoms with Crippen molar-refractivity contribution in [2.75, 3.05) is 6.61 Å². The summed E-state index contributed by atoms with van der Waals surface area (Å²) in [5, 5.41) is 12.0. The molecule has 2 aromatic rings. The van der Waals surface area contributed by atoms with Gasteiger partial charge < -0.3 is 14.6 Å². The number of carbonyl (C=O) groups excluding carboxylic acids is 2. The molecule has 1 aromatic carbocycles. The summed E-state index contributed by atoms with van der Waals surface area (Å²) in [5.41, 5.74) is 4.81. The Balaban J connectivity index is 1.95. The van der Waals surface area contributed by atoms with E-state index in [4.69, 9.17) is 4.74 Å². The fourth-order valence-electron chi connectivity index (χ4n) is 3.00. The highest BCUT2D eigenvalue weighted by molar-refractivity contribution is 5.99. The first-order chi connectivity index (χ1) is 13.8. The van der Waals surface area contributed by atoms with Crippen LogP contribution in [-0.4, -0.2) is 23.1 Å². The van der Waals surface area contributed by atoms with E-state index in [1.807, 2.05) is 57.2 Å². The first-order valence-electron chi connectivity index (χ1n) is 9.63. The van der Waals surface area contributed by atoms with Crippen LogP contribution in [0.1, 0.15) is 41.4 Å². The second-order valence-electron chi connectivity index (χ2n) is 6.99. The van der Waals surface area contributed by atoms with Crippen molar-refractivity contribution in [3.8, 4) is 6.07 Å². The lowest BCUT2D eigenvalue weighted by atomic mass is 10.1. The van der Waals surface area contributed by atoms with Gasteiger partial charge in [0, 0.05) is 24.5 Å². The normalized spacial score (nSPS) is 11.1. The molecule has 6 nitrogen and oxygen atoms in total. The van der Waals surface area contributed by atoms with Crippen molar-refractivity contribution in [2.24, 2.45) is 0 Å². The summed E-state index contributed by atoms with van der Waals surface area (Å²) < 4.78 is 7.16. The Morgan fingerprint density at radius 1 is 1.21 bits per heavy atom. The number of aromatic nitrogens is 1. The molecular weight excluding hydrogens is 366 g/mol. The lowest BCUT2D eigenvalue weighted by molar-refractivity contribution is -0.144. The largest absolute Gasteiger partial charge is 0.451 e. The fourth-order valence-corrected chi connectivity index (χ4v) is 3.00. The van der Waals surface area contributed by atoms with E-state index < -0.39 is 18.5 Å². The van der Waals surface area contributed by atoms with Gasteiger partial charge in [0.1, 0.15) is 11.6 Å². The molecule has 0 saturated carbocycles. The van der Waals surface area contributed by atoms with Crippen molar-refractivity contribution in [3.05, 3.63) is 64.0 Å². The number of benzene rings is 1. The molecule has 152 valence electrons. The predicted octanol–water partition coefficient (Wildman–Crippen LogP) is 3.59. The van der Waals surface area contributed by atoms with Gasteiger partial charge in [-0.15, -0.1) is 0 Å². The van der Waals surface area contributed by atoms with Crippen LogP contribution in [0.2, 0.25) is 0 Å². The van der Waals surface area contributed by atoms with Gasteiger partial charge in [-0.05, 0) is 50.5 Å². The molecule has 0 unspecified atom stereocenters. The highest BCUT2D eigenvalue weighted by Gasteiger charge is 2.15. The zero-order valence-corrected chi connectivity index (χ0v) is 17.4. The van der Waals surface area contributed by atoms with E-state index >= 15 is 0 Å². The smallest absolute Gasteiger partial charge is 0.349 e. The Kier molecular flexibility index (Phi) is 7.79. The lowest BCUT2D eigenvalue weighted by Crippen LogP contribution is -2.28. The van der Waals surface area contributed by atoms with Crippen LogP contribution in [0.15, 0.2) is 35.9 Å². The standard InChI is InChI=1S/C23H27N3O3/c1-5-10-26-17(3)11-20(18(26)4)12-21(13-24)23(28)29-15-22(27)25-14-19-8-6-16(2)7-9-19/h6-9,11-12H,5,10,14-15H2,1-4H3,(H,25,27)/b21-12+. The number of hydrogen-bond acceptors (Lipinski definition) is 4. The Bertz CT molecular complexity index is 947. The zero-order chi connectivity index (χ0) is 21.4. The van der Waals surface area contributed by atoms with Gasteiger partial charge in [-0.2, -0.15) is 5.26 Å². The van der Waals surface area contributed by atoms with Gasteiger partial charge in [-0.25, -0.2) is 4.79 Å². The average molecular weight is 393 g/mol. The molecule has 1 aromatic heterocycles. The van der Waals surface area contributed by atoms with Crippen LogP contribution in [0.4, 0.5) is 0 Å². The number of nitrogens with zero attached hydrogens (tertiary/aromatic N) is 2. The number of carbonyl (C=O) groups is 2. The topological polar surface area (TPSA) is 84.1 Å². The van der Waals surface area contributed by atoms with Crippen LogP contribution in [0.5, 0.6) is 0 Å². The summed E-state index contributed by atoms with van der Waals surface area (Å²) in [4.78, 5) is 24.2. The molecule has 1 N–H and O–H groups in total. The SMILES string of the molecule is CCCn1c(C)cc(/C=C(\C#N)C(=O)OCC(=O)NCc2ccc(C)cc2)c1C. The Morgan fingerprint density at radius 3 is 2.52 bits per heavy atom. The van der Waals surface area contributed by atoms with E-state index in [2.05, 4.69) is 16.8 Å². The van der Waals surface area contributed by atoms with Crippen molar-refractivity contribution in [1.29, 1.82) is 5.26 Å². The molecule has 0 bridgehead atoms. The van der Waals surface area contributed by atoms with Crippen LogP contribution < -0.4 is 5.32 Å². The molecule has 0 spiro atoms. The number of rotatable bonds is 8. The molecule has 0 atom stereocenters. The number of aryl methyl sites for hydroxylation is 2. The summed E-state index contributed by atoms with van der Waals surface area (Å²) in [6.07, 6.45) is 2.51. The van der Waals surface area contributed by atoms with E-state index in [0.717, 1.165) is 41.0 Å². The zero-order valence-electron chi connectivity index (χ0n) is 17.4. The molecule has 1 amide bonds. The maximum Gasteiger partial charge on any atom is 0.349 e. The van der Waals surface area contributed by atoms with Crippen LogP contribution in [-0.2, 0) is 27.4 Å². The second-order valence-corrected chi connectivity index (χ2v) is 6.99. The highest BCUT2D eigenvalue weighted by atomic mass is 16.5.